The van der Waals surface area contributed by atoms with Crippen LogP contribution in [0.4, 0.5) is 0 Å². The summed E-state index contributed by atoms with van der Waals surface area (Å²) in [7, 11) is -4.08. The quantitative estimate of drug-likeness (QED) is 0.685. The summed E-state index contributed by atoms with van der Waals surface area (Å²) < 4.78 is 29.9. The maximum atomic E-state index is 10.6. The summed E-state index contributed by atoms with van der Waals surface area (Å²) in [6.45, 7) is 7.95. The van der Waals surface area contributed by atoms with Gasteiger partial charge in [-0.25, -0.2) is 0 Å². The Morgan fingerprint density at radius 1 is 1.38 bits per heavy atom. The van der Waals surface area contributed by atoms with E-state index in [1.165, 1.54) is 0 Å². The van der Waals surface area contributed by atoms with E-state index in [9.17, 15) is 8.42 Å². The summed E-state index contributed by atoms with van der Waals surface area (Å²) >= 11 is 0. The molecule has 0 spiro atoms. The van der Waals surface area contributed by atoms with E-state index >= 15 is 0 Å². The number of hydrogen-bond acceptors (Lipinski definition) is 3. The van der Waals surface area contributed by atoms with Crippen LogP contribution in [-0.4, -0.2) is 18.3 Å². The summed E-state index contributed by atoms with van der Waals surface area (Å²) in [5, 5.41) is -1.17. The minimum atomic E-state index is -4.08. The molecule has 80 valence electrons. The SMILES string of the molecule is CC(CC(N)S(=O)(=O)O)C(C)(C)C. The molecule has 0 aliphatic heterocycles. The van der Waals surface area contributed by atoms with Crippen molar-refractivity contribution in [1.82, 2.24) is 0 Å². The van der Waals surface area contributed by atoms with Crippen molar-refractivity contribution in [3.63, 3.8) is 0 Å². The molecule has 5 heteroatoms. The Labute approximate surface area is 80.3 Å². The summed E-state index contributed by atoms with van der Waals surface area (Å²) in [6, 6.07) is 0. The smallest absolute Gasteiger partial charge is 0.280 e. The zero-order valence-corrected chi connectivity index (χ0v) is 9.43. The van der Waals surface area contributed by atoms with Gasteiger partial charge in [-0.05, 0) is 17.8 Å². The molecule has 0 radical (unpaired) electrons. The van der Waals surface area contributed by atoms with Gasteiger partial charge in [0.1, 0.15) is 5.37 Å². The molecule has 0 aromatic heterocycles. The van der Waals surface area contributed by atoms with Gasteiger partial charge in [0, 0.05) is 0 Å². The molecule has 0 saturated heterocycles. The summed E-state index contributed by atoms with van der Waals surface area (Å²) in [6.07, 6.45) is 0.280. The maximum Gasteiger partial charge on any atom is 0.280 e. The highest BCUT2D eigenvalue weighted by Gasteiger charge is 2.27. The Bertz CT molecular complexity index is 253. The monoisotopic (exact) mass is 209 g/mol. The Kier molecular flexibility index (Phi) is 3.90. The molecule has 0 fully saturated rings. The molecular formula is C8H19NO3S. The first-order valence-corrected chi connectivity index (χ1v) is 5.77. The minimum absolute atomic E-state index is 0.00229. The molecule has 0 aromatic rings. The van der Waals surface area contributed by atoms with Crippen LogP contribution in [0.15, 0.2) is 0 Å². The van der Waals surface area contributed by atoms with Crippen molar-refractivity contribution in [2.24, 2.45) is 17.1 Å². The van der Waals surface area contributed by atoms with Crippen molar-refractivity contribution < 1.29 is 13.0 Å². The van der Waals surface area contributed by atoms with Crippen LogP contribution in [-0.2, 0) is 10.1 Å². The molecule has 3 N–H and O–H groups in total. The van der Waals surface area contributed by atoms with Crippen LogP contribution in [0.3, 0.4) is 0 Å². The highest BCUT2D eigenvalue weighted by atomic mass is 32.2. The zero-order chi connectivity index (χ0) is 10.9. The van der Waals surface area contributed by atoms with Crippen molar-refractivity contribution in [2.75, 3.05) is 0 Å². The molecular weight excluding hydrogens is 190 g/mol. The molecule has 0 aromatic carbocycles. The third-order valence-electron chi connectivity index (χ3n) is 2.45. The Morgan fingerprint density at radius 3 is 2.00 bits per heavy atom. The van der Waals surface area contributed by atoms with E-state index in [0.717, 1.165) is 0 Å². The fourth-order valence-corrected chi connectivity index (χ4v) is 1.36. The second kappa shape index (κ2) is 3.94. The van der Waals surface area contributed by atoms with E-state index in [0.29, 0.717) is 0 Å². The van der Waals surface area contributed by atoms with Crippen LogP contribution in [0.1, 0.15) is 34.1 Å². The van der Waals surface area contributed by atoms with Crippen LogP contribution in [0.25, 0.3) is 0 Å². The summed E-state index contributed by atoms with van der Waals surface area (Å²) in [4.78, 5) is 0. The molecule has 0 heterocycles. The first-order chi connectivity index (χ1) is 5.55. The largest absolute Gasteiger partial charge is 0.313 e. The topological polar surface area (TPSA) is 80.4 Å². The highest BCUT2D eigenvalue weighted by molar-refractivity contribution is 7.86. The molecule has 0 aliphatic carbocycles. The number of hydrogen-bond donors (Lipinski definition) is 2. The zero-order valence-electron chi connectivity index (χ0n) is 8.61. The van der Waals surface area contributed by atoms with Crippen molar-refractivity contribution in [3.05, 3.63) is 0 Å². The lowest BCUT2D eigenvalue weighted by Crippen LogP contribution is -2.34. The van der Waals surface area contributed by atoms with Gasteiger partial charge < -0.3 is 5.73 Å². The van der Waals surface area contributed by atoms with Gasteiger partial charge in [-0.3, -0.25) is 4.55 Å². The van der Waals surface area contributed by atoms with E-state index in [4.69, 9.17) is 10.3 Å². The van der Waals surface area contributed by atoms with Crippen molar-refractivity contribution >= 4 is 10.1 Å². The molecule has 0 aliphatic rings. The molecule has 2 atom stereocenters. The summed E-state index contributed by atoms with van der Waals surface area (Å²) in [5.41, 5.74) is 5.31. The maximum absolute atomic E-state index is 10.6. The number of nitrogens with two attached hydrogens (primary N) is 1. The van der Waals surface area contributed by atoms with Crippen LogP contribution < -0.4 is 5.73 Å². The van der Waals surface area contributed by atoms with E-state index in [-0.39, 0.29) is 17.8 Å². The second-order valence-electron chi connectivity index (χ2n) is 4.56. The van der Waals surface area contributed by atoms with Crippen molar-refractivity contribution in [3.8, 4) is 0 Å². The molecule has 0 amide bonds. The van der Waals surface area contributed by atoms with Crippen LogP contribution in [0.2, 0.25) is 0 Å². The molecule has 2 unspecified atom stereocenters. The standard InChI is InChI=1S/C8H19NO3S/c1-6(8(2,3)4)5-7(9)13(10,11)12/h6-7H,5,9H2,1-4H3,(H,10,11,12). The Morgan fingerprint density at radius 2 is 1.77 bits per heavy atom. The van der Waals surface area contributed by atoms with Crippen LogP contribution >= 0.6 is 0 Å². The van der Waals surface area contributed by atoms with Crippen LogP contribution in [0, 0.1) is 11.3 Å². The fraction of sp³-hybridized carbons (Fsp3) is 1.00. The second-order valence-corrected chi connectivity index (χ2v) is 6.19. The average Bonchev–Trinajstić information content (AvgIpc) is 1.82. The average molecular weight is 209 g/mol. The van der Waals surface area contributed by atoms with E-state index in [2.05, 4.69) is 0 Å². The lowest BCUT2D eigenvalue weighted by Gasteiger charge is -2.28. The third-order valence-corrected chi connectivity index (χ3v) is 3.40. The van der Waals surface area contributed by atoms with Gasteiger partial charge >= 0.3 is 0 Å². The molecule has 0 saturated carbocycles. The minimum Gasteiger partial charge on any atom is -0.313 e. The lowest BCUT2D eigenvalue weighted by atomic mass is 9.80. The lowest BCUT2D eigenvalue weighted by molar-refractivity contribution is 0.242. The normalized spacial score (nSPS) is 18.3. The third kappa shape index (κ3) is 4.59. The molecule has 4 nitrogen and oxygen atoms in total. The van der Waals surface area contributed by atoms with Crippen molar-refractivity contribution in [2.45, 2.75) is 39.5 Å². The van der Waals surface area contributed by atoms with Crippen LogP contribution in [0.5, 0.6) is 0 Å². The first-order valence-electron chi connectivity index (χ1n) is 4.27. The van der Waals surface area contributed by atoms with Crippen molar-refractivity contribution in [1.29, 1.82) is 0 Å². The van der Waals surface area contributed by atoms with Gasteiger partial charge in [0.25, 0.3) is 10.1 Å². The fourth-order valence-electron chi connectivity index (χ4n) is 0.824. The molecule has 13 heavy (non-hydrogen) atoms. The summed E-state index contributed by atoms with van der Waals surface area (Å²) in [5.74, 6) is 0.143. The van der Waals surface area contributed by atoms with Gasteiger partial charge in [-0.15, -0.1) is 0 Å². The Balaban J connectivity index is 4.32. The van der Waals surface area contributed by atoms with Gasteiger partial charge in [-0.2, -0.15) is 8.42 Å². The first kappa shape index (κ1) is 12.9. The predicted molar refractivity (Wildman–Crippen MR) is 52.8 cm³/mol. The Hall–Kier alpha value is -0.130. The number of rotatable bonds is 3. The van der Waals surface area contributed by atoms with Gasteiger partial charge in [0.15, 0.2) is 0 Å². The van der Waals surface area contributed by atoms with E-state index in [1.807, 2.05) is 27.7 Å². The predicted octanol–water partition coefficient (Wildman–Crippen LogP) is 1.23. The van der Waals surface area contributed by atoms with Gasteiger partial charge in [0.2, 0.25) is 0 Å². The molecule has 0 bridgehead atoms. The van der Waals surface area contributed by atoms with Gasteiger partial charge in [-0.1, -0.05) is 27.7 Å². The highest BCUT2D eigenvalue weighted by Crippen LogP contribution is 2.29. The van der Waals surface area contributed by atoms with E-state index < -0.39 is 15.5 Å². The van der Waals surface area contributed by atoms with E-state index in [1.54, 1.807) is 0 Å². The van der Waals surface area contributed by atoms with Gasteiger partial charge in [0.05, 0.1) is 0 Å². The molecule has 0 rings (SSSR count).